The molecule has 0 amide bonds. The normalized spacial score (nSPS) is 35.4. The van der Waals surface area contributed by atoms with E-state index < -0.39 is 0 Å². The first-order valence-electron chi connectivity index (χ1n) is 6.47. The maximum absolute atomic E-state index is 9.93. The fourth-order valence-electron chi connectivity index (χ4n) is 3.12. The molecule has 3 aliphatic rings. The average molecular weight is 210 g/mol. The molecule has 15 heavy (non-hydrogen) atoms. The molecule has 3 nitrogen and oxygen atoms in total. The Morgan fingerprint density at radius 1 is 1.13 bits per heavy atom. The lowest BCUT2D eigenvalue weighted by atomic mass is 10.1. The van der Waals surface area contributed by atoms with Gasteiger partial charge in [-0.2, -0.15) is 0 Å². The third-order valence-electron chi connectivity index (χ3n) is 4.28. The van der Waals surface area contributed by atoms with Crippen molar-refractivity contribution in [2.45, 2.75) is 37.8 Å². The lowest BCUT2D eigenvalue weighted by Gasteiger charge is -2.38. The summed E-state index contributed by atoms with van der Waals surface area (Å²) in [7, 11) is 0. The SMILES string of the molecule is OC(CN1CCN2CCCC2C1)C1CC1. The molecule has 0 aromatic carbocycles. The molecule has 3 rings (SSSR count). The summed E-state index contributed by atoms with van der Waals surface area (Å²) in [4.78, 5) is 5.11. The highest BCUT2D eigenvalue weighted by Gasteiger charge is 2.34. The second-order valence-corrected chi connectivity index (χ2v) is 5.50. The first-order chi connectivity index (χ1) is 7.33. The van der Waals surface area contributed by atoms with E-state index in [0.29, 0.717) is 5.92 Å². The minimum absolute atomic E-state index is 0.0436. The van der Waals surface area contributed by atoms with E-state index in [1.807, 2.05) is 0 Å². The molecule has 0 radical (unpaired) electrons. The number of fused-ring (bicyclic) bond motifs is 1. The molecular weight excluding hydrogens is 188 g/mol. The van der Waals surface area contributed by atoms with Gasteiger partial charge >= 0.3 is 0 Å². The second-order valence-electron chi connectivity index (χ2n) is 5.50. The summed E-state index contributed by atoms with van der Waals surface area (Å²) in [5, 5.41) is 9.93. The van der Waals surface area contributed by atoms with Crippen molar-refractivity contribution in [2.24, 2.45) is 5.92 Å². The van der Waals surface area contributed by atoms with Gasteiger partial charge in [0.25, 0.3) is 0 Å². The van der Waals surface area contributed by atoms with Crippen molar-refractivity contribution in [3.63, 3.8) is 0 Å². The number of nitrogens with zero attached hydrogens (tertiary/aromatic N) is 2. The molecule has 86 valence electrons. The zero-order valence-electron chi connectivity index (χ0n) is 9.44. The van der Waals surface area contributed by atoms with E-state index in [2.05, 4.69) is 9.80 Å². The molecule has 0 bridgehead atoms. The maximum atomic E-state index is 9.93. The molecule has 1 N–H and O–H groups in total. The second kappa shape index (κ2) is 4.04. The van der Waals surface area contributed by atoms with Crippen LogP contribution in [0.15, 0.2) is 0 Å². The Kier molecular flexibility index (Phi) is 2.71. The van der Waals surface area contributed by atoms with Crippen molar-refractivity contribution in [2.75, 3.05) is 32.7 Å². The van der Waals surface area contributed by atoms with E-state index in [-0.39, 0.29) is 6.10 Å². The van der Waals surface area contributed by atoms with Gasteiger partial charge in [-0.15, -0.1) is 0 Å². The van der Waals surface area contributed by atoms with Gasteiger partial charge in [0.15, 0.2) is 0 Å². The summed E-state index contributed by atoms with van der Waals surface area (Å²) >= 11 is 0. The van der Waals surface area contributed by atoms with Gasteiger partial charge in [0.05, 0.1) is 6.10 Å². The largest absolute Gasteiger partial charge is 0.392 e. The Labute approximate surface area is 92.1 Å². The van der Waals surface area contributed by atoms with Crippen LogP contribution in [0.4, 0.5) is 0 Å². The van der Waals surface area contributed by atoms with Crippen LogP contribution in [0.1, 0.15) is 25.7 Å². The predicted octanol–water partition coefficient (Wildman–Crippen LogP) is 0.537. The van der Waals surface area contributed by atoms with Crippen LogP contribution in [-0.4, -0.2) is 59.8 Å². The molecule has 2 atom stereocenters. The van der Waals surface area contributed by atoms with Crippen LogP contribution in [0.3, 0.4) is 0 Å². The fourth-order valence-corrected chi connectivity index (χ4v) is 3.12. The van der Waals surface area contributed by atoms with Gasteiger partial charge in [0, 0.05) is 32.2 Å². The molecule has 3 heteroatoms. The summed E-state index contributed by atoms with van der Waals surface area (Å²) in [5.74, 6) is 0.631. The standard InChI is InChI=1S/C12H22N2O/c15-12(10-3-4-10)9-13-6-7-14-5-1-2-11(14)8-13/h10-12,15H,1-9H2. The molecule has 2 saturated heterocycles. The van der Waals surface area contributed by atoms with Crippen molar-refractivity contribution in [1.29, 1.82) is 0 Å². The molecule has 2 heterocycles. The zero-order chi connectivity index (χ0) is 10.3. The molecule has 0 aromatic rings. The van der Waals surface area contributed by atoms with Crippen LogP contribution < -0.4 is 0 Å². The van der Waals surface area contributed by atoms with Crippen molar-refractivity contribution >= 4 is 0 Å². The Morgan fingerprint density at radius 3 is 2.80 bits per heavy atom. The van der Waals surface area contributed by atoms with Gasteiger partial charge in [-0.1, -0.05) is 0 Å². The van der Waals surface area contributed by atoms with Crippen LogP contribution >= 0.6 is 0 Å². The van der Waals surface area contributed by atoms with Gasteiger partial charge in [0.1, 0.15) is 0 Å². The van der Waals surface area contributed by atoms with Gasteiger partial charge in [-0.3, -0.25) is 9.80 Å². The highest BCUT2D eigenvalue weighted by Crippen LogP contribution is 2.33. The Bertz CT molecular complexity index is 228. The number of rotatable bonds is 3. The van der Waals surface area contributed by atoms with Crippen molar-refractivity contribution in [1.82, 2.24) is 9.80 Å². The number of hydrogen-bond donors (Lipinski definition) is 1. The van der Waals surface area contributed by atoms with E-state index in [1.54, 1.807) is 0 Å². The molecule has 2 aliphatic heterocycles. The summed E-state index contributed by atoms with van der Waals surface area (Å²) in [6, 6.07) is 0.796. The first-order valence-corrected chi connectivity index (χ1v) is 6.47. The smallest absolute Gasteiger partial charge is 0.0695 e. The van der Waals surface area contributed by atoms with E-state index >= 15 is 0 Å². The lowest BCUT2D eigenvalue weighted by Crippen LogP contribution is -2.51. The topological polar surface area (TPSA) is 26.7 Å². The van der Waals surface area contributed by atoms with Crippen molar-refractivity contribution < 1.29 is 5.11 Å². The maximum Gasteiger partial charge on any atom is 0.0695 e. The fraction of sp³-hybridized carbons (Fsp3) is 1.00. The summed E-state index contributed by atoms with van der Waals surface area (Å²) < 4.78 is 0. The van der Waals surface area contributed by atoms with Crippen LogP contribution in [0, 0.1) is 5.92 Å². The van der Waals surface area contributed by atoms with Crippen LogP contribution in [0.2, 0.25) is 0 Å². The number of aliphatic hydroxyl groups is 1. The quantitative estimate of drug-likeness (QED) is 0.736. The van der Waals surface area contributed by atoms with E-state index in [4.69, 9.17) is 0 Å². The Balaban J connectivity index is 1.50. The third kappa shape index (κ3) is 2.19. The Morgan fingerprint density at radius 2 is 2.00 bits per heavy atom. The van der Waals surface area contributed by atoms with Crippen LogP contribution in [-0.2, 0) is 0 Å². The molecule has 3 fully saturated rings. The third-order valence-corrected chi connectivity index (χ3v) is 4.28. The van der Waals surface area contributed by atoms with Gasteiger partial charge < -0.3 is 5.11 Å². The summed E-state index contributed by atoms with van der Waals surface area (Å²) in [5.41, 5.74) is 0. The number of β-amino-alcohol motifs (C(OH)–C–C–N with tert-alkyl or cyclic N) is 1. The lowest BCUT2D eigenvalue weighted by molar-refractivity contribution is 0.0483. The van der Waals surface area contributed by atoms with Gasteiger partial charge in [-0.25, -0.2) is 0 Å². The molecule has 1 aliphatic carbocycles. The van der Waals surface area contributed by atoms with Crippen molar-refractivity contribution in [3.8, 4) is 0 Å². The minimum atomic E-state index is -0.0436. The highest BCUT2D eigenvalue weighted by atomic mass is 16.3. The van der Waals surface area contributed by atoms with Crippen molar-refractivity contribution in [3.05, 3.63) is 0 Å². The zero-order valence-corrected chi connectivity index (χ0v) is 9.44. The van der Waals surface area contributed by atoms with Crippen LogP contribution in [0.25, 0.3) is 0 Å². The van der Waals surface area contributed by atoms with Gasteiger partial charge in [-0.05, 0) is 38.1 Å². The Hall–Kier alpha value is -0.120. The number of piperazine rings is 1. The number of hydrogen-bond acceptors (Lipinski definition) is 3. The summed E-state index contributed by atoms with van der Waals surface area (Å²) in [6.07, 6.45) is 5.22. The molecular formula is C12H22N2O. The average Bonchev–Trinajstić information content (AvgIpc) is 2.98. The highest BCUT2D eigenvalue weighted by molar-refractivity contribution is 4.89. The van der Waals surface area contributed by atoms with E-state index in [9.17, 15) is 5.11 Å². The van der Waals surface area contributed by atoms with E-state index in [0.717, 1.165) is 12.6 Å². The molecule has 2 unspecified atom stereocenters. The van der Waals surface area contributed by atoms with Gasteiger partial charge in [0.2, 0.25) is 0 Å². The molecule has 1 saturated carbocycles. The first kappa shape index (κ1) is 10.1. The molecule has 0 aromatic heterocycles. The minimum Gasteiger partial charge on any atom is -0.392 e. The number of aliphatic hydroxyl groups excluding tert-OH is 1. The predicted molar refractivity (Wildman–Crippen MR) is 59.8 cm³/mol. The summed E-state index contributed by atoms with van der Waals surface area (Å²) in [6.45, 7) is 5.82. The monoisotopic (exact) mass is 210 g/mol. The van der Waals surface area contributed by atoms with Crippen LogP contribution in [0.5, 0.6) is 0 Å². The van der Waals surface area contributed by atoms with E-state index in [1.165, 1.54) is 51.9 Å². The molecule has 0 spiro atoms.